The van der Waals surface area contributed by atoms with Gasteiger partial charge in [-0.15, -0.1) is 0 Å². The minimum absolute atomic E-state index is 0.222. The summed E-state index contributed by atoms with van der Waals surface area (Å²) in [4.78, 5) is 28.1. The molecule has 7 heteroatoms. The standard InChI is InChI=1S/C19H26N2O5/c1-18(2,3)26-17(23)21-10-9-20(12-19(13-21)14-25-19)16(22)24-11-15-7-5-4-6-8-15/h4-8H,9-14H2,1-3H3. The summed E-state index contributed by atoms with van der Waals surface area (Å²) in [6.07, 6.45) is -0.776. The summed E-state index contributed by atoms with van der Waals surface area (Å²) in [6.45, 7) is 7.86. The molecule has 26 heavy (non-hydrogen) atoms. The Bertz CT molecular complexity index is 652. The largest absolute Gasteiger partial charge is 0.445 e. The number of carbonyl (C=O) groups excluding carboxylic acids is 2. The maximum absolute atomic E-state index is 12.5. The fourth-order valence-corrected chi connectivity index (χ4v) is 2.88. The maximum atomic E-state index is 12.5. The number of rotatable bonds is 2. The molecule has 0 bridgehead atoms. The van der Waals surface area contributed by atoms with E-state index in [1.165, 1.54) is 0 Å². The summed E-state index contributed by atoms with van der Waals surface area (Å²) in [5.74, 6) is 0. The van der Waals surface area contributed by atoms with Crippen molar-refractivity contribution in [1.29, 1.82) is 0 Å². The molecule has 2 fully saturated rings. The smallest absolute Gasteiger partial charge is 0.410 e. The minimum atomic E-state index is -0.560. The minimum Gasteiger partial charge on any atom is -0.445 e. The number of carbonyl (C=O) groups is 2. The van der Waals surface area contributed by atoms with E-state index in [0.717, 1.165) is 5.56 Å². The van der Waals surface area contributed by atoms with Crippen LogP contribution < -0.4 is 0 Å². The van der Waals surface area contributed by atoms with Crippen LogP contribution in [0.5, 0.6) is 0 Å². The summed E-state index contributed by atoms with van der Waals surface area (Å²) in [6, 6.07) is 9.54. The summed E-state index contributed by atoms with van der Waals surface area (Å²) < 4.78 is 16.4. The molecule has 0 saturated carbocycles. The number of amides is 2. The van der Waals surface area contributed by atoms with E-state index in [1.807, 2.05) is 51.1 Å². The topological polar surface area (TPSA) is 71.6 Å². The van der Waals surface area contributed by atoms with Crippen molar-refractivity contribution in [2.75, 3.05) is 32.8 Å². The second-order valence-electron chi connectivity index (χ2n) is 7.84. The van der Waals surface area contributed by atoms with Crippen molar-refractivity contribution in [3.05, 3.63) is 35.9 Å². The van der Waals surface area contributed by atoms with Crippen molar-refractivity contribution < 1.29 is 23.8 Å². The van der Waals surface area contributed by atoms with Crippen LogP contribution in [0.2, 0.25) is 0 Å². The fraction of sp³-hybridized carbons (Fsp3) is 0.579. The molecular formula is C19H26N2O5. The van der Waals surface area contributed by atoms with Crippen LogP contribution in [0.1, 0.15) is 26.3 Å². The average Bonchev–Trinajstić information content (AvgIpc) is 3.37. The molecule has 2 heterocycles. The first-order valence-corrected chi connectivity index (χ1v) is 8.84. The van der Waals surface area contributed by atoms with Crippen LogP contribution in [-0.2, 0) is 20.8 Å². The van der Waals surface area contributed by atoms with Crippen LogP contribution in [0.4, 0.5) is 9.59 Å². The summed E-state index contributed by atoms with van der Waals surface area (Å²) >= 11 is 0. The highest BCUT2D eigenvalue weighted by Gasteiger charge is 2.51. The van der Waals surface area contributed by atoms with Crippen LogP contribution in [0, 0.1) is 0 Å². The number of benzene rings is 1. The second-order valence-corrected chi connectivity index (χ2v) is 7.84. The van der Waals surface area contributed by atoms with Crippen LogP contribution >= 0.6 is 0 Å². The molecule has 1 aromatic carbocycles. The van der Waals surface area contributed by atoms with Gasteiger partial charge in [0.05, 0.1) is 19.7 Å². The maximum Gasteiger partial charge on any atom is 0.410 e. The lowest BCUT2D eigenvalue weighted by molar-refractivity contribution is 0.0226. The number of hydrogen-bond donors (Lipinski definition) is 0. The molecular weight excluding hydrogens is 336 g/mol. The van der Waals surface area contributed by atoms with Gasteiger partial charge in [0, 0.05) is 13.1 Å². The molecule has 0 aromatic heterocycles. The molecule has 2 aliphatic rings. The lowest BCUT2D eigenvalue weighted by Gasteiger charge is -2.27. The van der Waals surface area contributed by atoms with E-state index in [2.05, 4.69) is 0 Å². The third kappa shape index (κ3) is 4.88. The van der Waals surface area contributed by atoms with E-state index in [1.54, 1.807) is 9.80 Å². The summed E-state index contributed by atoms with van der Waals surface area (Å²) in [5.41, 5.74) is -0.127. The SMILES string of the molecule is CC(C)(C)OC(=O)N1CCN(C(=O)OCc2ccccc2)CC2(CO2)C1. The normalized spacial score (nSPS) is 22.7. The quantitative estimate of drug-likeness (QED) is 0.757. The van der Waals surface area contributed by atoms with Crippen molar-refractivity contribution in [1.82, 2.24) is 9.80 Å². The second kappa shape index (κ2) is 7.15. The third-order valence-electron chi connectivity index (χ3n) is 4.27. The van der Waals surface area contributed by atoms with Gasteiger partial charge < -0.3 is 24.0 Å². The highest BCUT2D eigenvalue weighted by Crippen LogP contribution is 2.32. The fourth-order valence-electron chi connectivity index (χ4n) is 2.88. The molecule has 1 aromatic rings. The Morgan fingerprint density at radius 1 is 1.08 bits per heavy atom. The molecule has 2 saturated heterocycles. The molecule has 2 amide bonds. The average molecular weight is 362 g/mol. The Labute approximate surface area is 153 Å². The van der Waals surface area contributed by atoms with Gasteiger partial charge in [0.15, 0.2) is 0 Å². The molecule has 1 unspecified atom stereocenters. The van der Waals surface area contributed by atoms with Crippen LogP contribution in [0.3, 0.4) is 0 Å². The van der Waals surface area contributed by atoms with E-state index in [-0.39, 0.29) is 12.7 Å². The highest BCUT2D eigenvalue weighted by atomic mass is 16.6. The predicted octanol–water partition coefficient (Wildman–Crippen LogP) is 2.64. The zero-order valence-corrected chi connectivity index (χ0v) is 15.6. The van der Waals surface area contributed by atoms with Gasteiger partial charge in [0.2, 0.25) is 0 Å². The van der Waals surface area contributed by atoms with Gasteiger partial charge in [0.25, 0.3) is 0 Å². The van der Waals surface area contributed by atoms with E-state index >= 15 is 0 Å². The number of epoxide rings is 1. The van der Waals surface area contributed by atoms with E-state index in [0.29, 0.717) is 32.8 Å². The van der Waals surface area contributed by atoms with Gasteiger partial charge in [-0.1, -0.05) is 30.3 Å². The third-order valence-corrected chi connectivity index (χ3v) is 4.27. The van der Waals surface area contributed by atoms with E-state index < -0.39 is 17.3 Å². The predicted molar refractivity (Wildman–Crippen MR) is 94.7 cm³/mol. The lowest BCUT2D eigenvalue weighted by Crippen LogP contribution is -2.42. The first-order chi connectivity index (χ1) is 12.3. The van der Waals surface area contributed by atoms with E-state index in [4.69, 9.17) is 14.2 Å². The molecule has 3 rings (SSSR count). The molecule has 1 atom stereocenters. The Morgan fingerprint density at radius 3 is 2.19 bits per heavy atom. The lowest BCUT2D eigenvalue weighted by atomic mass is 10.1. The van der Waals surface area contributed by atoms with Gasteiger partial charge in [-0.25, -0.2) is 9.59 Å². The van der Waals surface area contributed by atoms with Crippen molar-refractivity contribution in [3.8, 4) is 0 Å². The van der Waals surface area contributed by atoms with Gasteiger partial charge in [-0.2, -0.15) is 0 Å². The van der Waals surface area contributed by atoms with E-state index in [9.17, 15) is 9.59 Å². The first-order valence-electron chi connectivity index (χ1n) is 8.84. The highest BCUT2D eigenvalue weighted by molar-refractivity contribution is 5.70. The van der Waals surface area contributed by atoms with Crippen molar-refractivity contribution >= 4 is 12.2 Å². The summed E-state index contributed by atoms with van der Waals surface area (Å²) in [5, 5.41) is 0. The van der Waals surface area contributed by atoms with Gasteiger partial charge in [0.1, 0.15) is 17.8 Å². The Hall–Kier alpha value is -2.28. The Balaban J connectivity index is 1.59. The summed E-state index contributed by atoms with van der Waals surface area (Å²) in [7, 11) is 0. The van der Waals surface area contributed by atoms with Crippen LogP contribution in [-0.4, -0.2) is 66.0 Å². The first kappa shape index (κ1) is 18.5. The Kier molecular flexibility index (Phi) is 5.09. The zero-order chi connectivity index (χ0) is 18.8. The molecule has 0 N–H and O–H groups in total. The van der Waals surface area contributed by atoms with Gasteiger partial charge >= 0.3 is 12.2 Å². The number of nitrogens with zero attached hydrogens (tertiary/aromatic N) is 2. The van der Waals surface area contributed by atoms with Crippen molar-refractivity contribution in [3.63, 3.8) is 0 Å². The zero-order valence-electron chi connectivity index (χ0n) is 15.6. The molecule has 0 aliphatic carbocycles. The van der Waals surface area contributed by atoms with Gasteiger partial charge in [-0.05, 0) is 26.3 Å². The van der Waals surface area contributed by atoms with Crippen LogP contribution in [0.25, 0.3) is 0 Å². The molecule has 1 spiro atoms. The molecule has 142 valence electrons. The van der Waals surface area contributed by atoms with Gasteiger partial charge in [-0.3, -0.25) is 0 Å². The van der Waals surface area contributed by atoms with Crippen LogP contribution in [0.15, 0.2) is 30.3 Å². The van der Waals surface area contributed by atoms with Crippen molar-refractivity contribution in [2.24, 2.45) is 0 Å². The Morgan fingerprint density at radius 2 is 1.65 bits per heavy atom. The molecule has 7 nitrogen and oxygen atoms in total. The number of ether oxygens (including phenoxy) is 3. The molecule has 2 aliphatic heterocycles. The monoisotopic (exact) mass is 362 g/mol. The van der Waals surface area contributed by atoms with Crippen molar-refractivity contribution in [2.45, 2.75) is 38.6 Å². The molecule has 0 radical (unpaired) electrons. The number of hydrogen-bond acceptors (Lipinski definition) is 5.